The molecule has 7 heteroatoms. The molecule has 0 bridgehead atoms. The molecule has 2 aromatic carbocycles. The first kappa shape index (κ1) is 16.4. The highest BCUT2D eigenvalue weighted by atomic mass is 35.5. The summed E-state index contributed by atoms with van der Waals surface area (Å²) >= 11 is 11.8. The number of carbonyl (C=O) groups is 1. The van der Waals surface area contributed by atoms with E-state index < -0.39 is 0 Å². The molecule has 0 spiro atoms. The lowest BCUT2D eigenvalue weighted by Gasteiger charge is -2.07. The SMILES string of the molecule is C/C(=N\NC(=O)c1c[nH]c2ccccc12)c1cc(Cl)cc(Cl)c1O. The van der Waals surface area contributed by atoms with Crippen molar-refractivity contribution in [2.45, 2.75) is 6.92 Å². The monoisotopic (exact) mass is 361 g/mol. The van der Waals surface area contributed by atoms with Gasteiger partial charge in [0, 0.05) is 27.7 Å². The van der Waals surface area contributed by atoms with Crippen molar-refractivity contribution in [2.24, 2.45) is 5.10 Å². The van der Waals surface area contributed by atoms with Gasteiger partial charge in [-0.05, 0) is 25.1 Å². The number of hydrogen-bond donors (Lipinski definition) is 3. The number of rotatable bonds is 3. The third-order valence-electron chi connectivity index (χ3n) is 3.58. The Balaban J connectivity index is 1.86. The van der Waals surface area contributed by atoms with Crippen molar-refractivity contribution in [3.8, 4) is 5.75 Å². The van der Waals surface area contributed by atoms with Gasteiger partial charge in [0.15, 0.2) is 0 Å². The summed E-state index contributed by atoms with van der Waals surface area (Å²) < 4.78 is 0. The molecule has 0 unspecified atom stereocenters. The lowest BCUT2D eigenvalue weighted by atomic mass is 10.1. The number of H-pyrrole nitrogens is 1. The summed E-state index contributed by atoms with van der Waals surface area (Å²) in [5.41, 5.74) is 4.55. The van der Waals surface area contributed by atoms with Gasteiger partial charge in [-0.2, -0.15) is 5.10 Å². The van der Waals surface area contributed by atoms with E-state index in [9.17, 15) is 9.90 Å². The molecule has 1 aromatic heterocycles. The predicted molar refractivity (Wildman–Crippen MR) is 96.1 cm³/mol. The number of fused-ring (bicyclic) bond motifs is 1. The summed E-state index contributed by atoms with van der Waals surface area (Å²) in [6.45, 7) is 1.64. The zero-order valence-corrected chi connectivity index (χ0v) is 14.1. The minimum Gasteiger partial charge on any atom is -0.506 e. The van der Waals surface area contributed by atoms with Crippen molar-refractivity contribution in [1.82, 2.24) is 10.4 Å². The minimum atomic E-state index is -0.362. The minimum absolute atomic E-state index is 0.120. The molecule has 1 heterocycles. The molecular weight excluding hydrogens is 349 g/mol. The molecule has 0 aliphatic heterocycles. The zero-order valence-electron chi connectivity index (χ0n) is 12.6. The van der Waals surface area contributed by atoms with Crippen LogP contribution >= 0.6 is 23.2 Å². The molecule has 3 N–H and O–H groups in total. The van der Waals surface area contributed by atoms with Gasteiger partial charge in [0.25, 0.3) is 5.91 Å². The Kier molecular flexibility index (Phi) is 4.46. The van der Waals surface area contributed by atoms with Crippen LogP contribution in [0, 0.1) is 0 Å². The van der Waals surface area contributed by atoms with Gasteiger partial charge in [-0.3, -0.25) is 4.79 Å². The molecule has 0 aliphatic carbocycles. The van der Waals surface area contributed by atoms with Crippen molar-refractivity contribution in [1.29, 1.82) is 0 Å². The number of hydrogen-bond acceptors (Lipinski definition) is 3. The van der Waals surface area contributed by atoms with Crippen molar-refractivity contribution in [3.63, 3.8) is 0 Å². The largest absolute Gasteiger partial charge is 0.506 e. The van der Waals surface area contributed by atoms with E-state index in [1.165, 1.54) is 12.1 Å². The van der Waals surface area contributed by atoms with Gasteiger partial charge in [-0.15, -0.1) is 0 Å². The number of carbonyl (C=O) groups excluding carboxylic acids is 1. The Hall–Kier alpha value is -2.50. The number of phenolic OH excluding ortho intramolecular Hbond substituents is 1. The third kappa shape index (κ3) is 3.09. The van der Waals surface area contributed by atoms with E-state index >= 15 is 0 Å². The smallest absolute Gasteiger partial charge is 0.273 e. The number of aromatic nitrogens is 1. The second-order valence-electron chi connectivity index (χ2n) is 5.17. The molecule has 0 saturated carbocycles. The fourth-order valence-corrected chi connectivity index (χ4v) is 2.85. The van der Waals surface area contributed by atoms with Crippen molar-refractivity contribution >= 4 is 45.7 Å². The highest BCUT2D eigenvalue weighted by molar-refractivity contribution is 6.36. The molecule has 0 aliphatic rings. The molecule has 122 valence electrons. The Morgan fingerprint density at radius 1 is 1.21 bits per heavy atom. The van der Waals surface area contributed by atoms with E-state index in [-0.39, 0.29) is 16.7 Å². The molecule has 0 saturated heterocycles. The average molecular weight is 362 g/mol. The average Bonchev–Trinajstić information content (AvgIpc) is 2.99. The number of nitrogens with one attached hydrogen (secondary N) is 2. The van der Waals surface area contributed by atoms with Crippen LogP contribution in [0.25, 0.3) is 10.9 Å². The molecular formula is C17H13Cl2N3O2. The van der Waals surface area contributed by atoms with E-state index in [1.54, 1.807) is 13.1 Å². The van der Waals surface area contributed by atoms with Crippen LogP contribution in [-0.2, 0) is 0 Å². The summed E-state index contributed by atoms with van der Waals surface area (Å²) in [5.74, 6) is -0.497. The molecule has 3 rings (SSSR count). The molecule has 1 amide bonds. The first-order valence-corrected chi connectivity index (χ1v) is 7.82. The quantitative estimate of drug-likeness (QED) is 0.479. The van der Waals surface area contributed by atoms with Gasteiger partial charge < -0.3 is 10.1 Å². The first-order chi connectivity index (χ1) is 11.5. The topological polar surface area (TPSA) is 77.5 Å². The summed E-state index contributed by atoms with van der Waals surface area (Å²) in [4.78, 5) is 15.3. The lowest BCUT2D eigenvalue weighted by Crippen LogP contribution is -2.19. The maximum Gasteiger partial charge on any atom is 0.273 e. The molecule has 0 radical (unpaired) electrons. The van der Waals surface area contributed by atoms with Crippen LogP contribution in [0.15, 0.2) is 47.7 Å². The van der Waals surface area contributed by atoms with Crippen LogP contribution in [0.2, 0.25) is 10.0 Å². The van der Waals surface area contributed by atoms with Gasteiger partial charge >= 0.3 is 0 Å². The standard InChI is InChI=1S/C17H13Cl2N3O2/c1-9(12-6-10(18)7-14(19)16(12)23)21-22-17(24)13-8-20-15-5-3-2-4-11(13)15/h2-8,20,23H,1H3,(H,22,24)/b21-9+. The van der Waals surface area contributed by atoms with Crippen LogP contribution < -0.4 is 5.43 Å². The molecule has 24 heavy (non-hydrogen) atoms. The zero-order chi connectivity index (χ0) is 17.3. The van der Waals surface area contributed by atoms with Gasteiger partial charge in [0.2, 0.25) is 0 Å². The van der Waals surface area contributed by atoms with Crippen LogP contribution in [0.4, 0.5) is 0 Å². The summed E-state index contributed by atoms with van der Waals surface area (Å²) in [7, 11) is 0. The van der Waals surface area contributed by atoms with Crippen LogP contribution in [0.3, 0.4) is 0 Å². The summed E-state index contributed by atoms with van der Waals surface area (Å²) in [6, 6.07) is 10.4. The number of para-hydroxylation sites is 1. The molecule has 0 fully saturated rings. The summed E-state index contributed by atoms with van der Waals surface area (Å²) in [5, 5.41) is 15.3. The van der Waals surface area contributed by atoms with Crippen LogP contribution in [0.5, 0.6) is 5.75 Å². The van der Waals surface area contributed by atoms with Crippen molar-refractivity contribution in [3.05, 3.63) is 63.8 Å². The second kappa shape index (κ2) is 6.55. The number of hydrazone groups is 1. The highest BCUT2D eigenvalue weighted by Crippen LogP contribution is 2.31. The van der Waals surface area contributed by atoms with E-state index in [4.69, 9.17) is 23.2 Å². The Morgan fingerprint density at radius 3 is 2.75 bits per heavy atom. The number of aromatic hydroxyl groups is 1. The Morgan fingerprint density at radius 2 is 1.96 bits per heavy atom. The Bertz CT molecular complexity index is 964. The fourth-order valence-electron chi connectivity index (χ4n) is 2.36. The molecule has 5 nitrogen and oxygen atoms in total. The number of amides is 1. The number of phenols is 1. The maximum absolute atomic E-state index is 12.3. The van der Waals surface area contributed by atoms with Gasteiger partial charge in [0.05, 0.1) is 16.3 Å². The summed E-state index contributed by atoms with van der Waals surface area (Å²) in [6.07, 6.45) is 1.62. The van der Waals surface area contributed by atoms with Crippen molar-refractivity contribution in [2.75, 3.05) is 0 Å². The Labute approximate surface area is 147 Å². The van der Waals surface area contributed by atoms with Gasteiger partial charge in [-0.25, -0.2) is 5.43 Å². The predicted octanol–water partition coefficient (Wildman–Crippen LogP) is 4.33. The number of nitrogens with zero attached hydrogens (tertiary/aromatic N) is 1. The first-order valence-electron chi connectivity index (χ1n) is 7.06. The van der Waals surface area contributed by atoms with E-state index in [1.807, 2.05) is 24.3 Å². The van der Waals surface area contributed by atoms with E-state index in [0.717, 1.165) is 10.9 Å². The number of halogens is 2. The molecule has 0 atom stereocenters. The lowest BCUT2D eigenvalue weighted by molar-refractivity contribution is 0.0956. The normalized spacial score (nSPS) is 11.7. The molecule has 3 aromatic rings. The van der Waals surface area contributed by atoms with Crippen LogP contribution in [-0.4, -0.2) is 21.7 Å². The third-order valence-corrected chi connectivity index (χ3v) is 4.08. The highest BCUT2D eigenvalue weighted by Gasteiger charge is 2.13. The fraction of sp³-hybridized carbons (Fsp3) is 0.0588. The van der Waals surface area contributed by atoms with Crippen molar-refractivity contribution < 1.29 is 9.90 Å². The van der Waals surface area contributed by atoms with Gasteiger partial charge in [0.1, 0.15) is 5.75 Å². The second-order valence-corrected chi connectivity index (χ2v) is 6.01. The van der Waals surface area contributed by atoms with Crippen LogP contribution in [0.1, 0.15) is 22.8 Å². The maximum atomic E-state index is 12.3. The van der Waals surface area contributed by atoms with E-state index in [0.29, 0.717) is 21.9 Å². The van der Waals surface area contributed by atoms with Gasteiger partial charge in [-0.1, -0.05) is 41.4 Å². The number of aromatic amines is 1. The number of benzene rings is 2. The van der Waals surface area contributed by atoms with E-state index in [2.05, 4.69) is 15.5 Å².